The number of benzene rings is 2. The summed E-state index contributed by atoms with van der Waals surface area (Å²) < 4.78 is 13.1. The summed E-state index contributed by atoms with van der Waals surface area (Å²) >= 11 is 1.62. The second-order valence-corrected chi connectivity index (χ2v) is 6.59. The van der Waals surface area contributed by atoms with Crippen LogP contribution in [0.3, 0.4) is 0 Å². The van der Waals surface area contributed by atoms with Crippen molar-refractivity contribution in [3.8, 4) is 22.9 Å². The van der Waals surface area contributed by atoms with Crippen molar-refractivity contribution in [1.82, 2.24) is 14.8 Å². The standard InChI is InChI=1S/C19H21N3O2S/c1-14-8-4-5-9-15(14)18-20-21-19(22(18)2)25-13-12-24-17-11-7-6-10-16(17)23-3/h4-11H,12-13H2,1-3H3. The van der Waals surface area contributed by atoms with Crippen LogP contribution in [0.15, 0.2) is 53.7 Å². The summed E-state index contributed by atoms with van der Waals surface area (Å²) in [5.74, 6) is 3.15. The van der Waals surface area contributed by atoms with Crippen molar-refractivity contribution in [3.63, 3.8) is 0 Å². The number of nitrogens with zero attached hydrogens (tertiary/aromatic N) is 3. The van der Waals surface area contributed by atoms with Crippen LogP contribution >= 0.6 is 11.8 Å². The summed E-state index contributed by atoms with van der Waals surface area (Å²) in [6, 6.07) is 15.8. The van der Waals surface area contributed by atoms with Crippen molar-refractivity contribution in [2.75, 3.05) is 19.5 Å². The number of aryl methyl sites for hydroxylation is 1. The molecule has 0 fully saturated rings. The number of methoxy groups -OCH3 is 1. The van der Waals surface area contributed by atoms with Crippen molar-refractivity contribution >= 4 is 11.8 Å². The third-order valence-electron chi connectivity index (χ3n) is 3.86. The molecule has 0 aliphatic rings. The predicted molar refractivity (Wildman–Crippen MR) is 100 cm³/mol. The third kappa shape index (κ3) is 3.96. The van der Waals surface area contributed by atoms with Crippen LogP contribution < -0.4 is 9.47 Å². The van der Waals surface area contributed by atoms with Gasteiger partial charge in [-0.15, -0.1) is 10.2 Å². The molecule has 1 aromatic heterocycles. The number of ether oxygens (including phenoxy) is 2. The lowest BCUT2D eigenvalue weighted by molar-refractivity contribution is 0.313. The van der Waals surface area contributed by atoms with Crippen molar-refractivity contribution in [2.45, 2.75) is 12.1 Å². The zero-order valence-corrected chi connectivity index (χ0v) is 15.4. The minimum absolute atomic E-state index is 0.567. The number of hydrogen-bond acceptors (Lipinski definition) is 5. The van der Waals surface area contributed by atoms with E-state index in [1.54, 1.807) is 18.9 Å². The van der Waals surface area contributed by atoms with Gasteiger partial charge in [-0.2, -0.15) is 0 Å². The highest BCUT2D eigenvalue weighted by Gasteiger charge is 2.12. The number of rotatable bonds is 7. The molecule has 130 valence electrons. The van der Waals surface area contributed by atoms with Gasteiger partial charge in [0.15, 0.2) is 22.5 Å². The summed E-state index contributed by atoms with van der Waals surface area (Å²) in [6.45, 7) is 2.65. The highest BCUT2D eigenvalue weighted by molar-refractivity contribution is 7.99. The molecular weight excluding hydrogens is 334 g/mol. The van der Waals surface area contributed by atoms with Gasteiger partial charge in [0.2, 0.25) is 0 Å². The van der Waals surface area contributed by atoms with Gasteiger partial charge >= 0.3 is 0 Å². The highest BCUT2D eigenvalue weighted by Crippen LogP contribution is 2.27. The number of hydrogen-bond donors (Lipinski definition) is 0. The molecule has 6 heteroatoms. The lowest BCUT2D eigenvalue weighted by Gasteiger charge is -2.10. The topological polar surface area (TPSA) is 49.2 Å². The van der Waals surface area contributed by atoms with Crippen LogP contribution in [0, 0.1) is 6.92 Å². The largest absolute Gasteiger partial charge is 0.493 e. The molecule has 3 rings (SSSR count). The van der Waals surface area contributed by atoms with E-state index < -0.39 is 0 Å². The maximum atomic E-state index is 5.80. The Morgan fingerprint density at radius 1 is 1.00 bits per heavy atom. The lowest BCUT2D eigenvalue weighted by atomic mass is 10.1. The van der Waals surface area contributed by atoms with Crippen molar-refractivity contribution in [3.05, 3.63) is 54.1 Å². The summed E-state index contributed by atoms with van der Waals surface area (Å²) in [5, 5.41) is 9.53. The van der Waals surface area contributed by atoms with Crippen molar-refractivity contribution in [2.24, 2.45) is 7.05 Å². The van der Waals surface area contributed by atoms with Gasteiger partial charge in [-0.25, -0.2) is 0 Å². The first kappa shape index (κ1) is 17.4. The van der Waals surface area contributed by atoms with Crippen molar-refractivity contribution in [1.29, 1.82) is 0 Å². The molecule has 0 unspecified atom stereocenters. The van der Waals surface area contributed by atoms with E-state index in [2.05, 4.69) is 29.3 Å². The summed E-state index contributed by atoms with van der Waals surface area (Å²) in [6.07, 6.45) is 0. The average Bonchev–Trinajstić information content (AvgIpc) is 3.00. The molecule has 0 saturated carbocycles. The van der Waals surface area contributed by atoms with Crippen molar-refractivity contribution < 1.29 is 9.47 Å². The molecule has 0 aliphatic heterocycles. The van der Waals surface area contributed by atoms with Gasteiger partial charge in [-0.05, 0) is 24.6 Å². The first-order valence-corrected chi connectivity index (χ1v) is 9.03. The summed E-state index contributed by atoms with van der Waals surface area (Å²) in [7, 11) is 3.63. The van der Waals surface area contributed by atoms with E-state index in [0.717, 1.165) is 33.8 Å². The van der Waals surface area contributed by atoms with Gasteiger partial charge in [0.1, 0.15) is 0 Å². The van der Waals surface area contributed by atoms with Crippen LogP contribution in [0.2, 0.25) is 0 Å². The molecule has 1 heterocycles. The molecule has 0 N–H and O–H groups in total. The van der Waals surface area contributed by atoms with E-state index in [0.29, 0.717) is 6.61 Å². The minimum atomic E-state index is 0.567. The maximum Gasteiger partial charge on any atom is 0.191 e. The first-order chi connectivity index (χ1) is 12.2. The van der Waals surface area contributed by atoms with E-state index in [1.165, 1.54) is 5.56 Å². The molecule has 3 aromatic rings. The molecule has 0 atom stereocenters. The van der Waals surface area contributed by atoms with E-state index >= 15 is 0 Å². The van der Waals surface area contributed by atoms with Gasteiger partial charge in [-0.1, -0.05) is 48.2 Å². The Bertz CT molecular complexity index is 848. The average molecular weight is 355 g/mol. The van der Waals surface area contributed by atoms with Crippen LogP contribution in [0.25, 0.3) is 11.4 Å². The molecule has 0 radical (unpaired) electrons. The van der Waals surface area contributed by atoms with Crippen LogP contribution in [0.1, 0.15) is 5.56 Å². The van der Waals surface area contributed by atoms with Crippen LogP contribution in [-0.4, -0.2) is 34.2 Å². The summed E-state index contributed by atoms with van der Waals surface area (Å²) in [5.41, 5.74) is 2.30. The molecule has 0 aliphatic carbocycles. The van der Waals surface area contributed by atoms with Crippen LogP contribution in [0.4, 0.5) is 0 Å². The fourth-order valence-electron chi connectivity index (χ4n) is 2.52. The second kappa shape index (κ2) is 8.07. The fraction of sp³-hybridized carbons (Fsp3) is 0.263. The number of para-hydroxylation sites is 2. The Morgan fingerprint density at radius 2 is 1.72 bits per heavy atom. The molecule has 0 bridgehead atoms. The van der Waals surface area contributed by atoms with Gasteiger partial charge in [0.05, 0.1) is 13.7 Å². The Kier molecular flexibility index (Phi) is 5.60. The zero-order valence-electron chi connectivity index (χ0n) is 14.6. The van der Waals surface area contributed by atoms with E-state index in [9.17, 15) is 0 Å². The monoisotopic (exact) mass is 355 g/mol. The molecule has 2 aromatic carbocycles. The number of aromatic nitrogens is 3. The first-order valence-electron chi connectivity index (χ1n) is 8.04. The Morgan fingerprint density at radius 3 is 2.48 bits per heavy atom. The SMILES string of the molecule is COc1ccccc1OCCSc1nnc(-c2ccccc2C)n1C. The van der Waals surface area contributed by atoms with Gasteiger partial charge in [-0.3, -0.25) is 0 Å². The molecular formula is C19H21N3O2S. The fourth-order valence-corrected chi connectivity index (χ4v) is 3.25. The third-order valence-corrected chi connectivity index (χ3v) is 4.85. The Labute approximate surface area is 152 Å². The smallest absolute Gasteiger partial charge is 0.191 e. The second-order valence-electron chi connectivity index (χ2n) is 5.53. The van der Waals surface area contributed by atoms with E-state index in [4.69, 9.17) is 9.47 Å². The lowest BCUT2D eigenvalue weighted by Crippen LogP contribution is -2.03. The Hall–Kier alpha value is -2.47. The van der Waals surface area contributed by atoms with Crippen LogP contribution in [0.5, 0.6) is 11.5 Å². The number of thioether (sulfide) groups is 1. The molecule has 5 nitrogen and oxygen atoms in total. The Balaban J connectivity index is 1.60. The highest BCUT2D eigenvalue weighted by atomic mass is 32.2. The van der Waals surface area contributed by atoms with Gasteiger partial charge in [0, 0.05) is 18.4 Å². The van der Waals surface area contributed by atoms with E-state index in [-0.39, 0.29) is 0 Å². The quantitative estimate of drug-likeness (QED) is 0.474. The van der Waals surface area contributed by atoms with E-state index in [1.807, 2.05) is 48.0 Å². The van der Waals surface area contributed by atoms with Gasteiger partial charge in [0.25, 0.3) is 0 Å². The minimum Gasteiger partial charge on any atom is -0.493 e. The normalized spacial score (nSPS) is 10.7. The molecule has 0 spiro atoms. The molecule has 0 amide bonds. The maximum absolute atomic E-state index is 5.80. The molecule has 25 heavy (non-hydrogen) atoms. The zero-order chi connectivity index (χ0) is 17.6. The summed E-state index contributed by atoms with van der Waals surface area (Å²) in [4.78, 5) is 0. The van der Waals surface area contributed by atoms with Gasteiger partial charge < -0.3 is 14.0 Å². The molecule has 0 saturated heterocycles. The van der Waals surface area contributed by atoms with Crippen LogP contribution in [-0.2, 0) is 7.05 Å². The predicted octanol–water partition coefficient (Wildman–Crippen LogP) is 3.97.